The molecular weight excluding hydrogens is 200 g/mol. The zero-order valence-corrected chi connectivity index (χ0v) is 11.2. The number of hydrogen-bond acceptors (Lipinski definition) is 3. The minimum absolute atomic E-state index is 0.0924. The molecule has 0 spiro atoms. The molecule has 0 aromatic heterocycles. The molecule has 0 amide bonds. The Balaban J connectivity index is 2.12. The van der Waals surface area contributed by atoms with Crippen LogP contribution in [0.4, 0.5) is 0 Å². The largest absolute Gasteiger partial charge is 0.377 e. The predicted molar refractivity (Wildman–Crippen MR) is 68.9 cm³/mol. The van der Waals surface area contributed by atoms with Crippen molar-refractivity contribution in [1.29, 1.82) is 0 Å². The maximum absolute atomic E-state index is 5.60. The number of likely N-dealkylation sites (tertiary alicyclic amines) is 1. The fourth-order valence-corrected chi connectivity index (χ4v) is 2.39. The van der Waals surface area contributed by atoms with Crippen LogP contribution in [0.5, 0.6) is 0 Å². The molecule has 1 heterocycles. The summed E-state index contributed by atoms with van der Waals surface area (Å²) in [5.74, 6) is 0. The Hall–Kier alpha value is -0.120. The monoisotopic (exact) mass is 228 g/mol. The Morgan fingerprint density at radius 2 is 2.19 bits per heavy atom. The van der Waals surface area contributed by atoms with Crippen LogP contribution in [0.3, 0.4) is 0 Å². The summed E-state index contributed by atoms with van der Waals surface area (Å²) >= 11 is 0. The molecule has 0 radical (unpaired) electrons. The first kappa shape index (κ1) is 13.9. The standard InChI is InChI=1S/C13H28N2O/c1-4-8-14-9-6-11-15-10-5-7-13(2,12-15)16-3/h14H,4-12H2,1-3H3. The fourth-order valence-electron chi connectivity index (χ4n) is 2.39. The fraction of sp³-hybridized carbons (Fsp3) is 1.00. The zero-order chi connectivity index (χ0) is 11.9. The molecule has 1 N–H and O–H groups in total. The minimum Gasteiger partial charge on any atom is -0.377 e. The zero-order valence-electron chi connectivity index (χ0n) is 11.2. The van der Waals surface area contributed by atoms with Crippen LogP contribution in [0.15, 0.2) is 0 Å². The van der Waals surface area contributed by atoms with E-state index in [1.807, 2.05) is 7.11 Å². The lowest BCUT2D eigenvalue weighted by molar-refractivity contribution is -0.0506. The van der Waals surface area contributed by atoms with Crippen molar-refractivity contribution >= 4 is 0 Å². The lowest BCUT2D eigenvalue weighted by Gasteiger charge is -2.39. The first-order valence-corrected chi connectivity index (χ1v) is 6.68. The average Bonchev–Trinajstić information content (AvgIpc) is 2.29. The van der Waals surface area contributed by atoms with Gasteiger partial charge in [-0.1, -0.05) is 6.92 Å². The van der Waals surface area contributed by atoms with Crippen LogP contribution in [0.1, 0.15) is 39.5 Å². The second-order valence-corrected chi connectivity index (χ2v) is 5.14. The van der Waals surface area contributed by atoms with Gasteiger partial charge in [-0.3, -0.25) is 0 Å². The number of piperidine rings is 1. The molecule has 1 saturated heterocycles. The van der Waals surface area contributed by atoms with Gasteiger partial charge < -0.3 is 15.0 Å². The molecule has 0 bridgehead atoms. The molecule has 0 aromatic carbocycles. The van der Waals surface area contributed by atoms with Crippen LogP contribution in [0, 0.1) is 0 Å². The van der Waals surface area contributed by atoms with Crippen LogP contribution in [0.25, 0.3) is 0 Å². The number of methoxy groups -OCH3 is 1. The van der Waals surface area contributed by atoms with E-state index >= 15 is 0 Å². The summed E-state index contributed by atoms with van der Waals surface area (Å²) < 4.78 is 5.60. The normalized spacial score (nSPS) is 27.2. The Morgan fingerprint density at radius 1 is 1.38 bits per heavy atom. The molecule has 3 nitrogen and oxygen atoms in total. The molecule has 96 valence electrons. The highest BCUT2D eigenvalue weighted by Gasteiger charge is 2.30. The Morgan fingerprint density at radius 3 is 2.88 bits per heavy atom. The first-order chi connectivity index (χ1) is 7.70. The third-order valence-electron chi connectivity index (χ3n) is 3.49. The van der Waals surface area contributed by atoms with Crippen molar-refractivity contribution in [3.8, 4) is 0 Å². The van der Waals surface area contributed by atoms with Gasteiger partial charge in [-0.2, -0.15) is 0 Å². The minimum atomic E-state index is 0.0924. The molecule has 16 heavy (non-hydrogen) atoms. The van der Waals surface area contributed by atoms with Crippen molar-refractivity contribution in [3.63, 3.8) is 0 Å². The van der Waals surface area contributed by atoms with Gasteiger partial charge >= 0.3 is 0 Å². The molecular formula is C13H28N2O. The van der Waals surface area contributed by atoms with Gasteiger partial charge in [0.25, 0.3) is 0 Å². The molecule has 1 aliphatic rings. The third kappa shape index (κ3) is 4.81. The molecule has 0 aromatic rings. The topological polar surface area (TPSA) is 24.5 Å². The lowest BCUT2D eigenvalue weighted by atomic mass is 9.95. The van der Waals surface area contributed by atoms with Crippen molar-refractivity contribution in [2.75, 3.05) is 39.8 Å². The van der Waals surface area contributed by atoms with Gasteiger partial charge in [-0.15, -0.1) is 0 Å². The summed E-state index contributed by atoms with van der Waals surface area (Å²) in [5.41, 5.74) is 0.0924. The van der Waals surface area contributed by atoms with Gasteiger partial charge in [0.15, 0.2) is 0 Å². The summed E-state index contributed by atoms with van der Waals surface area (Å²) in [7, 11) is 1.84. The van der Waals surface area contributed by atoms with E-state index in [1.165, 1.54) is 38.8 Å². The highest BCUT2D eigenvalue weighted by atomic mass is 16.5. The maximum atomic E-state index is 5.60. The summed E-state index contributed by atoms with van der Waals surface area (Å²) in [6, 6.07) is 0. The van der Waals surface area contributed by atoms with Crippen molar-refractivity contribution < 1.29 is 4.74 Å². The Labute approximate surface area is 101 Å². The van der Waals surface area contributed by atoms with Crippen LogP contribution in [-0.2, 0) is 4.74 Å². The molecule has 1 atom stereocenters. The first-order valence-electron chi connectivity index (χ1n) is 6.68. The Bertz CT molecular complexity index is 187. The van der Waals surface area contributed by atoms with E-state index < -0.39 is 0 Å². The summed E-state index contributed by atoms with van der Waals surface area (Å²) in [5, 5.41) is 3.45. The van der Waals surface area contributed by atoms with Gasteiger partial charge in [0.05, 0.1) is 5.60 Å². The van der Waals surface area contributed by atoms with Gasteiger partial charge in [0.1, 0.15) is 0 Å². The van der Waals surface area contributed by atoms with E-state index in [-0.39, 0.29) is 5.60 Å². The molecule has 1 fully saturated rings. The highest BCUT2D eigenvalue weighted by molar-refractivity contribution is 4.84. The third-order valence-corrected chi connectivity index (χ3v) is 3.49. The number of nitrogens with zero attached hydrogens (tertiary/aromatic N) is 1. The number of nitrogens with one attached hydrogen (secondary N) is 1. The van der Waals surface area contributed by atoms with Crippen molar-refractivity contribution in [2.24, 2.45) is 0 Å². The Kier molecular flexibility index (Phi) is 6.32. The van der Waals surface area contributed by atoms with E-state index in [0.29, 0.717) is 0 Å². The van der Waals surface area contributed by atoms with E-state index in [9.17, 15) is 0 Å². The van der Waals surface area contributed by atoms with Crippen molar-refractivity contribution in [3.05, 3.63) is 0 Å². The quantitative estimate of drug-likeness (QED) is 0.673. The van der Waals surface area contributed by atoms with E-state index in [1.54, 1.807) is 0 Å². The summed E-state index contributed by atoms with van der Waals surface area (Å²) in [6.07, 6.45) is 4.95. The van der Waals surface area contributed by atoms with Crippen LogP contribution >= 0.6 is 0 Å². The summed E-state index contributed by atoms with van der Waals surface area (Å²) in [6.45, 7) is 10.3. The summed E-state index contributed by atoms with van der Waals surface area (Å²) in [4.78, 5) is 2.54. The maximum Gasteiger partial charge on any atom is 0.0777 e. The van der Waals surface area contributed by atoms with Crippen LogP contribution in [-0.4, -0.2) is 50.3 Å². The molecule has 3 heteroatoms. The SMILES string of the molecule is CCCNCCCN1CCCC(C)(OC)C1. The molecule has 0 aliphatic carbocycles. The van der Waals surface area contributed by atoms with E-state index in [4.69, 9.17) is 4.74 Å². The number of rotatable bonds is 7. The number of ether oxygens (including phenoxy) is 1. The number of hydrogen-bond donors (Lipinski definition) is 1. The second-order valence-electron chi connectivity index (χ2n) is 5.14. The van der Waals surface area contributed by atoms with Crippen molar-refractivity contribution in [1.82, 2.24) is 10.2 Å². The molecule has 1 unspecified atom stereocenters. The van der Waals surface area contributed by atoms with Crippen LogP contribution < -0.4 is 5.32 Å². The predicted octanol–water partition coefficient (Wildman–Crippen LogP) is 1.88. The van der Waals surface area contributed by atoms with Gasteiger partial charge in [0.2, 0.25) is 0 Å². The van der Waals surface area contributed by atoms with Gasteiger partial charge in [0, 0.05) is 13.7 Å². The molecule has 0 saturated carbocycles. The van der Waals surface area contributed by atoms with Gasteiger partial charge in [-0.05, 0) is 58.8 Å². The van der Waals surface area contributed by atoms with E-state index in [0.717, 1.165) is 19.6 Å². The smallest absolute Gasteiger partial charge is 0.0777 e. The van der Waals surface area contributed by atoms with E-state index in [2.05, 4.69) is 24.1 Å². The average molecular weight is 228 g/mol. The molecule has 1 rings (SSSR count). The molecule has 1 aliphatic heterocycles. The van der Waals surface area contributed by atoms with Gasteiger partial charge in [-0.25, -0.2) is 0 Å². The lowest BCUT2D eigenvalue weighted by Crippen LogP contribution is -2.47. The van der Waals surface area contributed by atoms with Crippen LogP contribution in [0.2, 0.25) is 0 Å². The highest BCUT2D eigenvalue weighted by Crippen LogP contribution is 2.23. The second kappa shape index (κ2) is 7.25. The van der Waals surface area contributed by atoms with Crippen molar-refractivity contribution in [2.45, 2.75) is 45.1 Å².